The van der Waals surface area contributed by atoms with Crippen LogP contribution in [0.5, 0.6) is 0 Å². The van der Waals surface area contributed by atoms with Gasteiger partial charge in [-0.05, 0) is 74.7 Å². The molecule has 2 amide bonds. The lowest BCUT2D eigenvalue weighted by molar-refractivity contribution is 0.0754. The van der Waals surface area contributed by atoms with Crippen LogP contribution in [0.25, 0.3) is 78.2 Å². The molecule has 0 aliphatic heterocycles. The number of rotatable bonds is 8. The number of imidazole rings is 2. The number of H-pyrrole nitrogens is 4. The van der Waals surface area contributed by atoms with Crippen molar-refractivity contribution in [3.63, 3.8) is 0 Å². The molecule has 1 unspecified atom stereocenters. The Morgan fingerprint density at radius 2 is 1.44 bits per heavy atom. The van der Waals surface area contributed by atoms with Crippen molar-refractivity contribution < 1.29 is 14.7 Å². The van der Waals surface area contributed by atoms with Crippen LogP contribution < -0.4 is 5.32 Å². The lowest BCUT2D eigenvalue weighted by Crippen LogP contribution is -2.46. The summed E-state index contributed by atoms with van der Waals surface area (Å²) >= 11 is 0. The highest BCUT2D eigenvalue weighted by molar-refractivity contribution is 6.02. The molecule has 2 aromatic carbocycles. The maximum absolute atomic E-state index is 13.1. The minimum Gasteiger partial charge on any atom is -0.394 e. The van der Waals surface area contributed by atoms with Gasteiger partial charge in [0.25, 0.3) is 11.8 Å². The van der Waals surface area contributed by atoms with Gasteiger partial charge in [0.2, 0.25) is 0 Å². The predicted molar refractivity (Wildman–Crippen MR) is 211 cm³/mol. The molecular formula is C41H42N10O3. The molecular weight excluding hydrogens is 681 g/mol. The van der Waals surface area contributed by atoms with Gasteiger partial charge in [0, 0.05) is 74.7 Å². The van der Waals surface area contributed by atoms with E-state index in [1.807, 2.05) is 97.1 Å². The van der Waals surface area contributed by atoms with Crippen LogP contribution in [0, 0.1) is 12.3 Å². The van der Waals surface area contributed by atoms with Gasteiger partial charge in [-0.15, -0.1) is 0 Å². The predicted octanol–water partition coefficient (Wildman–Crippen LogP) is 7.12. The third-order valence-corrected chi connectivity index (χ3v) is 10.2. The van der Waals surface area contributed by atoms with Crippen LogP contribution in [0.4, 0.5) is 0 Å². The molecule has 0 saturated carbocycles. The average Bonchev–Trinajstić information content (AvgIpc) is 3.94. The van der Waals surface area contributed by atoms with Gasteiger partial charge in [-0.3, -0.25) is 9.59 Å². The molecule has 0 radical (unpaired) electrons. The van der Waals surface area contributed by atoms with Gasteiger partial charge < -0.3 is 35.3 Å². The number of benzene rings is 2. The van der Waals surface area contributed by atoms with Gasteiger partial charge in [-0.1, -0.05) is 32.9 Å². The van der Waals surface area contributed by atoms with E-state index in [9.17, 15) is 14.7 Å². The first kappa shape index (κ1) is 34.7. The third-order valence-electron chi connectivity index (χ3n) is 10.2. The summed E-state index contributed by atoms with van der Waals surface area (Å²) in [6.45, 7) is 11.7. The minimum absolute atomic E-state index is 0.0365. The zero-order valence-corrected chi connectivity index (χ0v) is 31.2. The van der Waals surface area contributed by atoms with E-state index in [0.29, 0.717) is 45.0 Å². The van der Waals surface area contributed by atoms with Crippen LogP contribution in [0.3, 0.4) is 0 Å². The lowest BCUT2D eigenvalue weighted by Gasteiger charge is -2.29. The van der Waals surface area contributed by atoms with E-state index in [0.717, 1.165) is 50.1 Å². The Hall–Kier alpha value is -6.34. The van der Waals surface area contributed by atoms with Crippen LogP contribution in [0.2, 0.25) is 0 Å². The molecule has 0 bridgehead atoms. The molecule has 0 aliphatic carbocycles. The smallest absolute Gasteiger partial charge is 0.253 e. The number of nitrogens with one attached hydrogen (secondary N) is 5. The fraction of sp³-hybridized carbons (Fsp3) is 0.268. The highest BCUT2D eigenvalue weighted by Crippen LogP contribution is 2.35. The Kier molecular flexibility index (Phi) is 8.33. The summed E-state index contributed by atoms with van der Waals surface area (Å²) in [5.74, 6) is 0.981. The van der Waals surface area contributed by atoms with E-state index in [1.165, 1.54) is 0 Å². The van der Waals surface area contributed by atoms with E-state index in [2.05, 4.69) is 36.3 Å². The molecule has 54 heavy (non-hydrogen) atoms. The first-order valence-electron chi connectivity index (χ1n) is 17.9. The summed E-state index contributed by atoms with van der Waals surface area (Å²) in [4.78, 5) is 60.9. The highest BCUT2D eigenvalue weighted by Gasteiger charge is 2.26. The Labute approximate surface area is 310 Å². The van der Waals surface area contributed by atoms with Crippen LogP contribution >= 0.6 is 0 Å². The van der Waals surface area contributed by atoms with Crippen molar-refractivity contribution in [2.24, 2.45) is 5.41 Å². The van der Waals surface area contributed by atoms with E-state index in [1.54, 1.807) is 17.2 Å². The number of nitrogens with zero attached hydrogens (tertiary/aromatic N) is 5. The summed E-state index contributed by atoms with van der Waals surface area (Å²) in [5.41, 5.74) is 8.95. The maximum atomic E-state index is 13.1. The fourth-order valence-corrected chi connectivity index (χ4v) is 6.72. The van der Waals surface area contributed by atoms with E-state index in [-0.39, 0.29) is 35.9 Å². The molecule has 0 aliphatic rings. The second-order valence-electron chi connectivity index (χ2n) is 15.3. The van der Waals surface area contributed by atoms with Crippen LogP contribution in [0.15, 0.2) is 66.9 Å². The molecule has 6 aromatic heterocycles. The van der Waals surface area contributed by atoms with Crippen molar-refractivity contribution in [3.8, 4) is 34.0 Å². The van der Waals surface area contributed by atoms with Crippen molar-refractivity contribution in [3.05, 3.63) is 83.8 Å². The average molecular weight is 723 g/mol. The van der Waals surface area contributed by atoms with Crippen LogP contribution in [-0.2, 0) is 0 Å². The SMILES string of the molecule is Cc1nc2c(-c3cc4ccc(C(=O)N(C)C(C)C)cc4[nH]3)cc(-c3nc4c(-c5cc6ccc(C(=O)NC(CO)C(C)(C)C)cc6[nH]5)ccnc4[nH]3)nc2[nH]1. The number of hydrogen-bond acceptors (Lipinski definition) is 7. The van der Waals surface area contributed by atoms with Gasteiger partial charge in [-0.2, -0.15) is 0 Å². The van der Waals surface area contributed by atoms with Crippen LogP contribution in [0.1, 0.15) is 61.2 Å². The van der Waals surface area contributed by atoms with Gasteiger partial charge in [0.15, 0.2) is 17.1 Å². The second kappa shape index (κ2) is 13.0. The number of hydrogen-bond donors (Lipinski definition) is 6. The molecule has 8 rings (SSSR count). The minimum atomic E-state index is -0.382. The number of pyridine rings is 2. The maximum Gasteiger partial charge on any atom is 0.253 e. The van der Waals surface area contributed by atoms with Crippen molar-refractivity contribution in [1.82, 2.24) is 50.1 Å². The number of aromatic amines is 4. The fourth-order valence-electron chi connectivity index (χ4n) is 6.72. The molecule has 13 heteroatoms. The molecule has 0 fully saturated rings. The molecule has 6 N–H and O–H groups in total. The Morgan fingerprint density at radius 1 is 0.796 bits per heavy atom. The lowest BCUT2D eigenvalue weighted by atomic mass is 9.87. The third kappa shape index (κ3) is 6.15. The standard InChI is InChI=1S/C41H42N10O3/c1-20(2)51(7)40(54)25-11-9-23-15-31(46-29(23)17-25)27-18-32(47-38-35(27)43-21(3)44-38)36-49-34-26(12-13-42-37(34)50-36)30-14-22-8-10-24(16-28(22)45-30)39(53)48-33(19-52)41(4,5)6/h8-18,20,33,45-46,52H,19H2,1-7H3,(H,48,53)(H,42,49,50)(H,43,44,47). The summed E-state index contributed by atoms with van der Waals surface area (Å²) in [7, 11) is 1.81. The summed E-state index contributed by atoms with van der Waals surface area (Å²) in [6.07, 6.45) is 1.73. The monoisotopic (exact) mass is 722 g/mol. The van der Waals surface area contributed by atoms with E-state index >= 15 is 0 Å². The number of carbonyl (C=O) groups excluding carboxylic acids is 2. The number of aryl methyl sites for hydroxylation is 1. The number of amides is 2. The summed E-state index contributed by atoms with van der Waals surface area (Å²) in [6, 6.07) is 18.9. The van der Waals surface area contributed by atoms with Gasteiger partial charge in [0.05, 0.1) is 12.6 Å². The molecule has 6 heterocycles. The molecule has 274 valence electrons. The van der Waals surface area contributed by atoms with E-state index < -0.39 is 0 Å². The van der Waals surface area contributed by atoms with Gasteiger partial charge in [-0.25, -0.2) is 19.9 Å². The number of carbonyl (C=O) groups is 2. The van der Waals surface area contributed by atoms with Crippen molar-refractivity contribution in [2.75, 3.05) is 13.7 Å². The number of aliphatic hydroxyl groups is 1. The van der Waals surface area contributed by atoms with Gasteiger partial charge >= 0.3 is 0 Å². The topological polar surface area (TPSA) is 184 Å². The van der Waals surface area contributed by atoms with E-state index in [4.69, 9.17) is 15.0 Å². The molecule has 8 aromatic rings. The first-order valence-corrected chi connectivity index (χ1v) is 17.9. The normalized spacial score (nSPS) is 12.8. The zero-order valence-electron chi connectivity index (χ0n) is 31.2. The van der Waals surface area contributed by atoms with Crippen LogP contribution in [-0.4, -0.2) is 87.4 Å². The summed E-state index contributed by atoms with van der Waals surface area (Å²) in [5, 5.41) is 14.7. The quantitative estimate of drug-likeness (QED) is 0.0965. The second-order valence-corrected chi connectivity index (χ2v) is 15.3. The highest BCUT2D eigenvalue weighted by atomic mass is 16.3. The molecule has 0 spiro atoms. The zero-order chi connectivity index (χ0) is 38.1. The first-order chi connectivity index (χ1) is 25.8. The molecule has 13 nitrogen and oxygen atoms in total. The Bertz CT molecular complexity index is 2740. The number of aromatic nitrogens is 8. The van der Waals surface area contributed by atoms with Gasteiger partial charge in [0.1, 0.15) is 22.6 Å². The number of aliphatic hydroxyl groups excluding tert-OH is 1. The Balaban J connectivity index is 1.16. The van der Waals surface area contributed by atoms with Crippen molar-refractivity contribution >= 4 is 55.9 Å². The van der Waals surface area contributed by atoms with Crippen molar-refractivity contribution in [1.29, 1.82) is 0 Å². The summed E-state index contributed by atoms with van der Waals surface area (Å²) < 4.78 is 0. The van der Waals surface area contributed by atoms with Crippen molar-refractivity contribution in [2.45, 2.75) is 53.6 Å². The largest absolute Gasteiger partial charge is 0.394 e. The molecule has 1 atom stereocenters. The molecule has 0 saturated heterocycles. The number of fused-ring (bicyclic) bond motifs is 4. The Morgan fingerprint density at radius 3 is 2.11 bits per heavy atom.